The third kappa shape index (κ3) is 5.13. The Balaban J connectivity index is 1.16. The summed E-state index contributed by atoms with van der Waals surface area (Å²) >= 11 is 0. The highest BCUT2D eigenvalue weighted by Gasteiger charge is 2.17. The fourth-order valence-corrected chi connectivity index (χ4v) is 3.67. The van der Waals surface area contributed by atoms with E-state index in [9.17, 15) is 4.39 Å². The van der Waals surface area contributed by atoms with Crippen LogP contribution in [-0.2, 0) is 6.54 Å². The van der Waals surface area contributed by atoms with Crippen LogP contribution in [0.2, 0.25) is 0 Å². The number of guanidine groups is 1. The summed E-state index contributed by atoms with van der Waals surface area (Å²) in [6.45, 7) is 6.58. The summed E-state index contributed by atoms with van der Waals surface area (Å²) in [5.74, 6) is 2.17. The van der Waals surface area contributed by atoms with Gasteiger partial charge in [-0.2, -0.15) is 0 Å². The third-order valence-corrected chi connectivity index (χ3v) is 5.41. The maximum atomic E-state index is 13.1. The largest absolute Gasteiger partial charge is 0.454 e. The van der Waals surface area contributed by atoms with E-state index in [2.05, 4.69) is 25.4 Å². The van der Waals surface area contributed by atoms with Gasteiger partial charge >= 0.3 is 0 Å². The molecule has 0 unspecified atom stereocenters. The fourth-order valence-electron chi connectivity index (χ4n) is 3.67. The Hall–Kier alpha value is -3.00. The number of benzene rings is 2. The number of hydrogen-bond acceptors (Lipinski definition) is 5. The van der Waals surface area contributed by atoms with Crippen LogP contribution in [0, 0.1) is 5.82 Å². The zero-order valence-corrected chi connectivity index (χ0v) is 17.2. The van der Waals surface area contributed by atoms with Crippen molar-refractivity contribution in [1.82, 2.24) is 15.5 Å². The second-order valence-electron chi connectivity index (χ2n) is 7.35. The molecule has 0 aromatic heterocycles. The SMILES string of the molecule is CN=C(NCCN1CCN(c2ccc(F)cc2)CC1)NCc1ccc2c(c1)OCO2. The summed E-state index contributed by atoms with van der Waals surface area (Å²) in [5.41, 5.74) is 2.20. The standard InChI is InChI=1S/C22H28FN5O2/c1-24-22(26-15-17-2-7-20-21(14-17)30-16-29-20)25-8-9-27-10-12-28(13-11-27)19-5-3-18(23)4-6-19/h2-7,14H,8-13,15-16H2,1H3,(H2,24,25,26). The van der Waals surface area contributed by atoms with E-state index in [1.54, 1.807) is 7.05 Å². The van der Waals surface area contributed by atoms with Gasteiger partial charge < -0.3 is 25.0 Å². The van der Waals surface area contributed by atoms with Gasteiger partial charge in [-0.3, -0.25) is 9.89 Å². The van der Waals surface area contributed by atoms with Gasteiger partial charge in [-0.05, 0) is 42.0 Å². The molecule has 0 saturated carbocycles. The van der Waals surface area contributed by atoms with Gasteiger partial charge in [0.05, 0.1) is 0 Å². The first-order valence-corrected chi connectivity index (χ1v) is 10.3. The fraction of sp³-hybridized carbons (Fsp3) is 0.409. The van der Waals surface area contributed by atoms with Gasteiger partial charge in [0.15, 0.2) is 17.5 Å². The molecule has 1 fully saturated rings. The quantitative estimate of drug-likeness (QED) is 0.558. The number of piperazine rings is 1. The number of ether oxygens (including phenoxy) is 2. The van der Waals surface area contributed by atoms with Crippen LogP contribution in [0.15, 0.2) is 47.5 Å². The average molecular weight is 413 g/mol. The molecule has 0 bridgehead atoms. The van der Waals surface area contributed by atoms with Crippen LogP contribution in [-0.4, -0.2) is 64.0 Å². The molecule has 2 aliphatic heterocycles. The number of aliphatic imine (C=N–C) groups is 1. The highest BCUT2D eigenvalue weighted by atomic mass is 19.1. The van der Waals surface area contributed by atoms with Crippen molar-refractivity contribution in [1.29, 1.82) is 0 Å². The first-order valence-electron chi connectivity index (χ1n) is 10.3. The summed E-state index contributed by atoms with van der Waals surface area (Å²) in [5, 5.41) is 6.71. The van der Waals surface area contributed by atoms with E-state index >= 15 is 0 Å². The maximum absolute atomic E-state index is 13.1. The van der Waals surface area contributed by atoms with Crippen molar-refractivity contribution < 1.29 is 13.9 Å². The molecule has 0 radical (unpaired) electrons. The highest BCUT2D eigenvalue weighted by molar-refractivity contribution is 5.79. The molecule has 7 nitrogen and oxygen atoms in total. The van der Waals surface area contributed by atoms with Crippen LogP contribution in [0.25, 0.3) is 0 Å². The predicted octanol–water partition coefficient (Wildman–Crippen LogP) is 2.04. The Morgan fingerprint density at radius 1 is 1.00 bits per heavy atom. The molecular weight excluding hydrogens is 385 g/mol. The lowest BCUT2D eigenvalue weighted by atomic mass is 10.2. The molecule has 2 N–H and O–H groups in total. The van der Waals surface area contributed by atoms with Crippen LogP contribution in [0.3, 0.4) is 0 Å². The van der Waals surface area contributed by atoms with Crippen LogP contribution in [0.4, 0.5) is 10.1 Å². The molecule has 4 rings (SSSR count). The molecule has 0 amide bonds. The number of rotatable bonds is 6. The average Bonchev–Trinajstić information content (AvgIpc) is 3.25. The van der Waals surface area contributed by atoms with Gasteiger partial charge in [-0.15, -0.1) is 0 Å². The van der Waals surface area contributed by atoms with Crippen LogP contribution in [0.1, 0.15) is 5.56 Å². The number of halogens is 1. The molecular formula is C22H28FN5O2. The van der Waals surface area contributed by atoms with Crippen molar-refractivity contribution in [3.8, 4) is 11.5 Å². The van der Waals surface area contributed by atoms with Crippen LogP contribution in [0.5, 0.6) is 11.5 Å². The molecule has 2 aromatic carbocycles. The molecule has 0 spiro atoms. The van der Waals surface area contributed by atoms with E-state index in [-0.39, 0.29) is 12.6 Å². The molecule has 0 atom stereocenters. The number of fused-ring (bicyclic) bond motifs is 1. The molecule has 2 aromatic rings. The monoisotopic (exact) mass is 413 g/mol. The Bertz CT molecular complexity index is 866. The minimum absolute atomic E-state index is 0.191. The first-order chi connectivity index (χ1) is 14.7. The molecule has 0 aliphatic carbocycles. The number of nitrogens with one attached hydrogen (secondary N) is 2. The molecule has 8 heteroatoms. The number of nitrogens with zero attached hydrogens (tertiary/aromatic N) is 3. The highest BCUT2D eigenvalue weighted by Crippen LogP contribution is 2.32. The smallest absolute Gasteiger partial charge is 0.231 e. The van der Waals surface area contributed by atoms with Gasteiger partial charge in [0, 0.05) is 58.5 Å². The second kappa shape index (κ2) is 9.67. The summed E-state index contributed by atoms with van der Waals surface area (Å²) in [6.07, 6.45) is 0. The third-order valence-electron chi connectivity index (χ3n) is 5.41. The summed E-state index contributed by atoms with van der Waals surface area (Å²) in [4.78, 5) is 9.03. The number of anilines is 1. The zero-order chi connectivity index (χ0) is 20.8. The minimum Gasteiger partial charge on any atom is -0.454 e. The van der Waals surface area contributed by atoms with Crippen LogP contribution >= 0.6 is 0 Å². The molecule has 160 valence electrons. The topological polar surface area (TPSA) is 61.4 Å². The summed E-state index contributed by atoms with van der Waals surface area (Å²) in [7, 11) is 1.77. The maximum Gasteiger partial charge on any atom is 0.231 e. The lowest BCUT2D eigenvalue weighted by molar-refractivity contribution is 0.174. The Labute approximate surface area is 176 Å². The lowest BCUT2D eigenvalue weighted by Gasteiger charge is -2.36. The zero-order valence-electron chi connectivity index (χ0n) is 17.2. The normalized spacial score (nSPS) is 16.6. The van der Waals surface area contributed by atoms with E-state index < -0.39 is 0 Å². The van der Waals surface area contributed by atoms with Gasteiger partial charge in [-0.1, -0.05) is 6.07 Å². The molecule has 2 aliphatic rings. The Morgan fingerprint density at radius 3 is 2.53 bits per heavy atom. The van der Waals surface area contributed by atoms with Gasteiger partial charge in [0.1, 0.15) is 5.82 Å². The van der Waals surface area contributed by atoms with Crippen molar-refractivity contribution in [2.75, 3.05) is 58.0 Å². The van der Waals surface area contributed by atoms with E-state index in [0.29, 0.717) is 6.54 Å². The predicted molar refractivity (Wildman–Crippen MR) is 116 cm³/mol. The van der Waals surface area contributed by atoms with E-state index in [4.69, 9.17) is 9.47 Å². The van der Waals surface area contributed by atoms with Crippen LogP contribution < -0.4 is 25.0 Å². The van der Waals surface area contributed by atoms with Gasteiger partial charge in [0.25, 0.3) is 0 Å². The Morgan fingerprint density at radius 2 is 1.77 bits per heavy atom. The van der Waals surface area contributed by atoms with Crippen molar-refractivity contribution in [2.45, 2.75) is 6.54 Å². The Kier molecular flexibility index (Phi) is 6.53. The van der Waals surface area contributed by atoms with Gasteiger partial charge in [0.2, 0.25) is 6.79 Å². The van der Waals surface area contributed by atoms with E-state index in [1.165, 1.54) is 12.1 Å². The number of hydrogen-bond donors (Lipinski definition) is 2. The molecule has 30 heavy (non-hydrogen) atoms. The summed E-state index contributed by atoms with van der Waals surface area (Å²) < 4.78 is 23.9. The van der Waals surface area contributed by atoms with Crippen molar-refractivity contribution in [3.05, 3.63) is 53.8 Å². The molecule has 2 heterocycles. The first kappa shape index (κ1) is 20.3. The van der Waals surface area contributed by atoms with Crippen molar-refractivity contribution >= 4 is 11.6 Å². The second-order valence-corrected chi connectivity index (χ2v) is 7.35. The van der Waals surface area contributed by atoms with Gasteiger partial charge in [-0.25, -0.2) is 4.39 Å². The minimum atomic E-state index is -0.191. The van der Waals surface area contributed by atoms with E-state index in [1.807, 2.05) is 30.3 Å². The van der Waals surface area contributed by atoms with Crippen molar-refractivity contribution in [3.63, 3.8) is 0 Å². The van der Waals surface area contributed by atoms with E-state index in [0.717, 1.165) is 68.0 Å². The summed E-state index contributed by atoms with van der Waals surface area (Å²) in [6, 6.07) is 12.7. The molecule has 1 saturated heterocycles. The lowest BCUT2D eigenvalue weighted by Crippen LogP contribution is -2.49. The van der Waals surface area contributed by atoms with Crippen molar-refractivity contribution in [2.24, 2.45) is 4.99 Å².